The molecule has 6 nitrogen and oxygen atoms in total. The molecular weight excluding hydrogens is 392 g/mol. The molecule has 0 aliphatic heterocycles. The van der Waals surface area contributed by atoms with Crippen LogP contribution in [0, 0.1) is 13.8 Å². The molecule has 0 bridgehead atoms. The molecule has 0 atom stereocenters. The first kappa shape index (κ1) is 22.6. The summed E-state index contributed by atoms with van der Waals surface area (Å²) in [5, 5.41) is 4.26. The van der Waals surface area contributed by atoms with Gasteiger partial charge in [-0.05, 0) is 55.7 Å². The Morgan fingerprint density at radius 2 is 1.86 bits per heavy atom. The normalized spacial score (nSPS) is 10.8. The predicted octanol–water partition coefficient (Wildman–Crippen LogP) is 4.67. The largest absolute Gasteiger partial charge is 0.493 e. The minimum atomic E-state index is -0.250. The van der Waals surface area contributed by atoms with Crippen LogP contribution < -0.4 is 19.6 Å². The van der Waals surface area contributed by atoms with E-state index in [9.17, 15) is 4.79 Å². The Morgan fingerprint density at radius 1 is 1.10 bits per heavy atom. The summed E-state index contributed by atoms with van der Waals surface area (Å²) in [5.74, 6) is 1.65. The minimum absolute atomic E-state index is 0.250. The number of rotatable bonds is 10. The molecule has 0 radical (unpaired) electrons. The number of hydrazone groups is 1. The Bertz CT molecular complexity index is 868. The summed E-state index contributed by atoms with van der Waals surface area (Å²) in [7, 11) is 0. The van der Waals surface area contributed by atoms with E-state index in [1.54, 1.807) is 12.1 Å². The topological polar surface area (TPSA) is 69.2 Å². The summed E-state index contributed by atoms with van der Waals surface area (Å²) in [6, 6.07) is 9.61. The van der Waals surface area contributed by atoms with Crippen LogP contribution in [0.5, 0.6) is 17.2 Å². The van der Waals surface area contributed by atoms with E-state index in [1.165, 1.54) is 13.1 Å². The lowest BCUT2D eigenvalue weighted by molar-refractivity contribution is -0.118. The number of hydrogen-bond donors (Lipinski definition) is 1. The third-order valence-corrected chi connectivity index (χ3v) is 4.18. The number of ether oxygens (including phenoxy) is 3. The first-order chi connectivity index (χ1) is 13.9. The molecule has 7 heteroatoms. The molecular formula is C22H27ClN2O4. The van der Waals surface area contributed by atoms with Crippen molar-refractivity contribution in [3.8, 4) is 17.2 Å². The molecule has 0 aliphatic rings. The van der Waals surface area contributed by atoms with Crippen molar-refractivity contribution < 1.29 is 19.0 Å². The highest BCUT2D eigenvalue weighted by molar-refractivity contribution is 6.32. The molecule has 0 unspecified atom stereocenters. The highest BCUT2D eigenvalue weighted by Crippen LogP contribution is 2.36. The van der Waals surface area contributed by atoms with Gasteiger partial charge in [0.1, 0.15) is 5.75 Å². The third-order valence-electron chi connectivity index (χ3n) is 3.90. The smallest absolute Gasteiger partial charge is 0.236 e. The Balaban J connectivity index is 1.95. The van der Waals surface area contributed by atoms with Crippen molar-refractivity contribution in [1.29, 1.82) is 0 Å². The highest BCUT2D eigenvalue weighted by atomic mass is 35.5. The lowest BCUT2D eigenvalue weighted by Crippen LogP contribution is -2.12. The van der Waals surface area contributed by atoms with Crippen LogP contribution in [0.15, 0.2) is 35.4 Å². The Morgan fingerprint density at radius 3 is 2.59 bits per heavy atom. The molecule has 1 N–H and O–H groups in total. The SMILES string of the molecule is CCOc1cc(/C=N\NC(C)=O)cc(Cl)c1OCCCOc1cc(C)ccc1C. The standard InChI is InChI=1S/C22H27ClN2O4/c1-5-27-21-13-18(14-24-25-17(4)26)12-19(23)22(21)29-10-6-9-28-20-11-15(2)7-8-16(20)3/h7-8,11-14H,5-6,9-10H2,1-4H3,(H,25,26)/b24-14-. The van der Waals surface area contributed by atoms with Gasteiger partial charge in [0, 0.05) is 13.3 Å². The van der Waals surface area contributed by atoms with Gasteiger partial charge < -0.3 is 14.2 Å². The Kier molecular flexibility index (Phi) is 8.80. The lowest BCUT2D eigenvalue weighted by Gasteiger charge is -2.15. The second-order valence-corrected chi connectivity index (χ2v) is 6.92. The third kappa shape index (κ3) is 7.31. The molecule has 2 aromatic rings. The first-order valence-corrected chi connectivity index (χ1v) is 9.87. The highest BCUT2D eigenvalue weighted by Gasteiger charge is 2.12. The molecule has 0 aliphatic carbocycles. The molecule has 0 spiro atoms. The molecule has 0 aromatic heterocycles. The minimum Gasteiger partial charge on any atom is -0.493 e. The van der Waals surface area contributed by atoms with E-state index in [4.69, 9.17) is 25.8 Å². The van der Waals surface area contributed by atoms with Gasteiger partial charge in [0.2, 0.25) is 5.91 Å². The zero-order chi connectivity index (χ0) is 21.2. The van der Waals surface area contributed by atoms with Gasteiger partial charge in [0.05, 0.1) is 31.1 Å². The number of hydrogen-bond acceptors (Lipinski definition) is 5. The zero-order valence-electron chi connectivity index (χ0n) is 17.3. The van der Waals surface area contributed by atoms with Crippen molar-refractivity contribution in [2.24, 2.45) is 5.10 Å². The van der Waals surface area contributed by atoms with Gasteiger partial charge in [-0.2, -0.15) is 5.10 Å². The lowest BCUT2D eigenvalue weighted by atomic mass is 10.1. The van der Waals surface area contributed by atoms with Gasteiger partial charge in [-0.1, -0.05) is 23.7 Å². The number of amides is 1. The summed E-state index contributed by atoms with van der Waals surface area (Å²) in [6.07, 6.45) is 2.19. The van der Waals surface area contributed by atoms with Crippen molar-refractivity contribution in [1.82, 2.24) is 5.43 Å². The van der Waals surface area contributed by atoms with Gasteiger partial charge in [-0.3, -0.25) is 4.79 Å². The number of nitrogens with one attached hydrogen (secondary N) is 1. The van der Waals surface area contributed by atoms with Gasteiger partial charge in [-0.15, -0.1) is 0 Å². The maximum atomic E-state index is 10.9. The van der Waals surface area contributed by atoms with Crippen molar-refractivity contribution in [3.05, 3.63) is 52.0 Å². The van der Waals surface area contributed by atoms with E-state index in [1.807, 2.05) is 32.9 Å². The molecule has 0 saturated carbocycles. The van der Waals surface area contributed by atoms with Crippen LogP contribution in [0.1, 0.15) is 37.0 Å². The van der Waals surface area contributed by atoms with Crippen molar-refractivity contribution in [2.75, 3.05) is 19.8 Å². The molecule has 2 rings (SSSR count). The van der Waals surface area contributed by atoms with Gasteiger partial charge >= 0.3 is 0 Å². The maximum absolute atomic E-state index is 10.9. The van der Waals surface area contributed by atoms with Crippen LogP contribution in [0.3, 0.4) is 0 Å². The van der Waals surface area contributed by atoms with Crippen LogP contribution in [0.2, 0.25) is 5.02 Å². The number of carbonyl (C=O) groups is 1. The molecule has 2 aromatic carbocycles. The van der Waals surface area contributed by atoms with E-state index < -0.39 is 0 Å². The van der Waals surface area contributed by atoms with Crippen LogP contribution in [0.25, 0.3) is 0 Å². The van der Waals surface area contributed by atoms with E-state index in [-0.39, 0.29) is 5.91 Å². The first-order valence-electron chi connectivity index (χ1n) is 9.49. The van der Waals surface area contributed by atoms with Crippen molar-refractivity contribution >= 4 is 23.7 Å². The summed E-state index contributed by atoms with van der Waals surface area (Å²) < 4.78 is 17.4. The summed E-state index contributed by atoms with van der Waals surface area (Å²) in [5.41, 5.74) is 5.31. The number of aryl methyl sites for hydroxylation is 2. The average Bonchev–Trinajstić information content (AvgIpc) is 2.66. The summed E-state index contributed by atoms with van der Waals surface area (Å²) in [4.78, 5) is 10.9. The second kappa shape index (κ2) is 11.3. The molecule has 156 valence electrons. The predicted molar refractivity (Wildman–Crippen MR) is 116 cm³/mol. The Labute approximate surface area is 176 Å². The molecule has 0 saturated heterocycles. The van der Waals surface area contributed by atoms with Gasteiger partial charge in [0.25, 0.3) is 0 Å². The summed E-state index contributed by atoms with van der Waals surface area (Å²) in [6.45, 7) is 8.77. The van der Waals surface area contributed by atoms with Crippen LogP contribution in [-0.2, 0) is 4.79 Å². The van der Waals surface area contributed by atoms with Gasteiger partial charge in [-0.25, -0.2) is 5.43 Å². The van der Waals surface area contributed by atoms with E-state index in [0.29, 0.717) is 48.3 Å². The average molecular weight is 419 g/mol. The second-order valence-electron chi connectivity index (χ2n) is 6.51. The molecule has 0 fully saturated rings. The fourth-order valence-electron chi connectivity index (χ4n) is 2.54. The number of carbonyl (C=O) groups excluding carboxylic acids is 1. The van der Waals surface area contributed by atoms with E-state index >= 15 is 0 Å². The fraction of sp³-hybridized carbons (Fsp3) is 0.364. The Hall–Kier alpha value is -2.73. The summed E-state index contributed by atoms with van der Waals surface area (Å²) >= 11 is 6.37. The zero-order valence-corrected chi connectivity index (χ0v) is 18.0. The maximum Gasteiger partial charge on any atom is 0.236 e. The van der Waals surface area contributed by atoms with E-state index in [0.717, 1.165) is 16.9 Å². The fourth-order valence-corrected chi connectivity index (χ4v) is 2.81. The van der Waals surface area contributed by atoms with Crippen LogP contribution >= 0.6 is 11.6 Å². The number of nitrogens with zero attached hydrogens (tertiary/aromatic N) is 1. The molecule has 29 heavy (non-hydrogen) atoms. The monoisotopic (exact) mass is 418 g/mol. The number of benzene rings is 2. The van der Waals surface area contributed by atoms with Crippen molar-refractivity contribution in [2.45, 2.75) is 34.1 Å². The molecule has 1 amide bonds. The van der Waals surface area contributed by atoms with Crippen molar-refractivity contribution in [3.63, 3.8) is 0 Å². The van der Waals surface area contributed by atoms with Gasteiger partial charge in [0.15, 0.2) is 11.5 Å². The van der Waals surface area contributed by atoms with Crippen LogP contribution in [0.4, 0.5) is 0 Å². The number of halogens is 1. The van der Waals surface area contributed by atoms with E-state index in [2.05, 4.69) is 16.6 Å². The molecule has 0 heterocycles. The van der Waals surface area contributed by atoms with Crippen LogP contribution in [-0.4, -0.2) is 31.9 Å². The quantitative estimate of drug-likeness (QED) is 0.345.